The maximum Gasteiger partial charge on any atom is -0.00208 e. The van der Waals surface area contributed by atoms with Gasteiger partial charge in [0, 0.05) is 0 Å². The third-order valence-corrected chi connectivity index (χ3v) is 5.54. The van der Waals surface area contributed by atoms with Gasteiger partial charge in [-0.1, -0.05) is 99.5 Å². The third-order valence-electron chi connectivity index (χ3n) is 5.54. The van der Waals surface area contributed by atoms with Crippen LogP contribution < -0.4 is 0 Å². The van der Waals surface area contributed by atoms with Crippen LogP contribution in [0.5, 0.6) is 0 Å². The smallest absolute Gasteiger partial charge is 0.00208 e. The summed E-state index contributed by atoms with van der Waals surface area (Å²) in [5, 5.41) is 0. The van der Waals surface area contributed by atoms with Crippen LogP contribution >= 0.6 is 0 Å². The predicted octanol–water partition coefficient (Wildman–Crippen LogP) is 7.84. The lowest BCUT2D eigenvalue weighted by atomic mass is 9.67. The number of allylic oxidation sites excluding steroid dienone is 6. The molecule has 0 aliphatic heterocycles. The van der Waals surface area contributed by atoms with E-state index >= 15 is 0 Å². The molecule has 0 amide bonds. The molecule has 0 nitrogen and oxygen atoms in total. The zero-order valence-corrected chi connectivity index (χ0v) is 16.6. The zero-order chi connectivity index (χ0) is 18.5. The largest absolute Gasteiger partial charge is 0.0622 e. The molecule has 0 saturated heterocycles. The van der Waals surface area contributed by atoms with Crippen LogP contribution in [0.4, 0.5) is 0 Å². The van der Waals surface area contributed by atoms with Gasteiger partial charge in [0.2, 0.25) is 0 Å². The molecule has 0 heterocycles. The summed E-state index contributed by atoms with van der Waals surface area (Å²) in [7, 11) is 0. The molecule has 134 valence electrons. The topological polar surface area (TPSA) is 0 Å². The highest BCUT2D eigenvalue weighted by Gasteiger charge is 2.34. The minimum absolute atomic E-state index is 1.12. The molecule has 0 aromatic heterocycles. The van der Waals surface area contributed by atoms with Gasteiger partial charge in [0.05, 0.1) is 0 Å². The van der Waals surface area contributed by atoms with E-state index in [0.717, 1.165) is 25.7 Å². The quantitative estimate of drug-likeness (QED) is 0.501. The fraction of sp³-hybridized carbons (Fsp3) is 0.308. The van der Waals surface area contributed by atoms with Crippen LogP contribution in [0.15, 0.2) is 83.0 Å². The van der Waals surface area contributed by atoms with Crippen molar-refractivity contribution < 1.29 is 0 Å². The van der Waals surface area contributed by atoms with Crippen LogP contribution in [0.25, 0.3) is 11.1 Å². The average molecular weight is 343 g/mol. The molecule has 0 radical (unpaired) electrons. The molecule has 1 aliphatic rings. The summed E-state index contributed by atoms with van der Waals surface area (Å²) in [6.07, 6.45) is 4.48. The number of benzene rings is 2. The number of hydrogen-bond donors (Lipinski definition) is 0. The van der Waals surface area contributed by atoms with Crippen molar-refractivity contribution in [1.82, 2.24) is 0 Å². The van der Waals surface area contributed by atoms with E-state index in [2.05, 4.69) is 88.4 Å². The SMILES string of the molecule is CCC(CC)=C1C(=C(CC)CC)C(c2ccccc2)=C1c1ccccc1. The highest BCUT2D eigenvalue weighted by Crippen LogP contribution is 2.55. The second kappa shape index (κ2) is 8.36. The molecule has 2 aromatic rings. The molecule has 0 saturated carbocycles. The lowest BCUT2D eigenvalue weighted by Gasteiger charge is -2.36. The monoisotopic (exact) mass is 342 g/mol. The first-order valence-electron chi connectivity index (χ1n) is 10.1. The highest BCUT2D eigenvalue weighted by molar-refractivity contribution is 6.19. The second-order valence-electron chi connectivity index (χ2n) is 6.85. The standard InChI is InChI=1S/C26H30/c1-5-19(6-2)23-24(20(7-3)8-4)26(22-17-13-10-14-18-22)25(23)21-15-11-9-12-16-21/h9-18H,5-8H2,1-4H3. The lowest BCUT2D eigenvalue weighted by molar-refractivity contribution is 0.931. The van der Waals surface area contributed by atoms with E-state index in [1.165, 1.54) is 33.4 Å². The Labute approximate surface area is 159 Å². The Morgan fingerprint density at radius 3 is 1.08 bits per heavy atom. The van der Waals surface area contributed by atoms with Crippen molar-refractivity contribution in [1.29, 1.82) is 0 Å². The minimum Gasteiger partial charge on any atom is -0.0622 e. The van der Waals surface area contributed by atoms with E-state index in [4.69, 9.17) is 0 Å². The van der Waals surface area contributed by atoms with Crippen LogP contribution in [0.2, 0.25) is 0 Å². The maximum atomic E-state index is 2.30. The van der Waals surface area contributed by atoms with E-state index in [1.807, 2.05) is 0 Å². The lowest BCUT2D eigenvalue weighted by Crippen LogP contribution is -2.16. The van der Waals surface area contributed by atoms with Crippen molar-refractivity contribution in [3.05, 3.63) is 94.1 Å². The Morgan fingerprint density at radius 1 is 0.500 bits per heavy atom. The molecule has 3 rings (SSSR count). The van der Waals surface area contributed by atoms with Crippen LogP contribution in [0.1, 0.15) is 64.5 Å². The van der Waals surface area contributed by atoms with Gasteiger partial charge >= 0.3 is 0 Å². The predicted molar refractivity (Wildman–Crippen MR) is 115 cm³/mol. The molecule has 0 spiro atoms. The Hall–Kier alpha value is -2.34. The second-order valence-corrected chi connectivity index (χ2v) is 6.85. The van der Waals surface area contributed by atoms with E-state index < -0.39 is 0 Å². The van der Waals surface area contributed by atoms with E-state index in [0.29, 0.717) is 0 Å². The first kappa shape index (κ1) is 18.5. The molecule has 1 aliphatic carbocycles. The van der Waals surface area contributed by atoms with Gasteiger partial charge < -0.3 is 0 Å². The summed E-state index contributed by atoms with van der Waals surface area (Å²) < 4.78 is 0. The summed E-state index contributed by atoms with van der Waals surface area (Å²) in [5.41, 5.74) is 11.8. The molecular formula is C26H30. The highest BCUT2D eigenvalue weighted by atomic mass is 14.4. The average Bonchev–Trinajstić information content (AvgIpc) is 2.69. The summed E-state index contributed by atoms with van der Waals surface area (Å²) in [6.45, 7) is 9.18. The molecule has 0 atom stereocenters. The van der Waals surface area contributed by atoms with Gasteiger partial charge in [-0.05, 0) is 59.1 Å². The van der Waals surface area contributed by atoms with Crippen molar-refractivity contribution in [3.63, 3.8) is 0 Å². The summed E-state index contributed by atoms with van der Waals surface area (Å²) in [4.78, 5) is 0. The van der Waals surface area contributed by atoms with E-state index in [9.17, 15) is 0 Å². The van der Waals surface area contributed by atoms with Crippen LogP contribution in [0, 0.1) is 0 Å². The van der Waals surface area contributed by atoms with Crippen molar-refractivity contribution >= 4 is 11.1 Å². The van der Waals surface area contributed by atoms with Gasteiger partial charge in [0.15, 0.2) is 0 Å². The maximum absolute atomic E-state index is 2.30. The fourth-order valence-electron chi connectivity index (χ4n) is 4.14. The Bertz CT molecular complexity index is 760. The molecule has 0 heteroatoms. The zero-order valence-electron chi connectivity index (χ0n) is 16.6. The van der Waals surface area contributed by atoms with Crippen LogP contribution in [-0.2, 0) is 0 Å². The molecule has 0 unspecified atom stereocenters. The molecular weight excluding hydrogens is 312 g/mol. The molecule has 0 N–H and O–H groups in total. The third kappa shape index (κ3) is 3.21. The minimum atomic E-state index is 1.12. The van der Waals surface area contributed by atoms with Gasteiger partial charge in [-0.2, -0.15) is 0 Å². The Kier molecular flexibility index (Phi) is 5.93. The van der Waals surface area contributed by atoms with Gasteiger partial charge in [0.1, 0.15) is 0 Å². The van der Waals surface area contributed by atoms with Crippen molar-refractivity contribution in [3.8, 4) is 0 Å². The van der Waals surface area contributed by atoms with Crippen LogP contribution in [0.3, 0.4) is 0 Å². The number of hydrogen-bond acceptors (Lipinski definition) is 0. The van der Waals surface area contributed by atoms with Crippen LogP contribution in [-0.4, -0.2) is 0 Å². The van der Waals surface area contributed by atoms with Gasteiger partial charge in [0.25, 0.3) is 0 Å². The molecule has 26 heavy (non-hydrogen) atoms. The van der Waals surface area contributed by atoms with Crippen molar-refractivity contribution in [2.24, 2.45) is 0 Å². The first-order chi connectivity index (χ1) is 12.8. The van der Waals surface area contributed by atoms with Gasteiger partial charge in [-0.25, -0.2) is 0 Å². The number of rotatable bonds is 6. The van der Waals surface area contributed by atoms with Crippen molar-refractivity contribution in [2.75, 3.05) is 0 Å². The van der Waals surface area contributed by atoms with Crippen molar-refractivity contribution in [2.45, 2.75) is 53.4 Å². The molecule has 0 fully saturated rings. The van der Waals surface area contributed by atoms with Gasteiger partial charge in [-0.3, -0.25) is 0 Å². The normalized spacial score (nSPS) is 13.7. The molecule has 0 bridgehead atoms. The Morgan fingerprint density at radius 2 is 0.808 bits per heavy atom. The summed E-state index contributed by atoms with van der Waals surface area (Å²) >= 11 is 0. The summed E-state index contributed by atoms with van der Waals surface area (Å²) in [6, 6.07) is 21.9. The first-order valence-corrected chi connectivity index (χ1v) is 10.1. The fourth-order valence-corrected chi connectivity index (χ4v) is 4.14. The summed E-state index contributed by atoms with van der Waals surface area (Å²) in [5.74, 6) is 0. The Balaban J connectivity index is 2.38. The van der Waals surface area contributed by atoms with E-state index in [-0.39, 0.29) is 0 Å². The van der Waals surface area contributed by atoms with E-state index in [1.54, 1.807) is 11.1 Å². The van der Waals surface area contributed by atoms with Gasteiger partial charge in [-0.15, -0.1) is 0 Å². The molecule has 2 aromatic carbocycles.